The Labute approximate surface area is 138 Å². The normalized spacial score (nSPS) is 13.7. The van der Waals surface area contributed by atoms with E-state index >= 15 is 0 Å². The highest BCUT2D eigenvalue weighted by Gasteiger charge is 2.28. The fraction of sp³-hybridized carbons (Fsp3) is 0.353. The second kappa shape index (κ2) is 5.09. The fourth-order valence-electron chi connectivity index (χ4n) is 3.31. The standard InChI is InChI=1S/C17H19N5O2/c1-4-11-5-7-12(8-6-11)21-9-10-22-13-14(18-16(21)22)19(2)17(24)20(3)15(13)23/h5-8H,4,9-10H2,1-3H3. The zero-order valence-corrected chi connectivity index (χ0v) is 14.0. The van der Waals surface area contributed by atoms with Crippen molar-refractivity contribution in [1.82, 2.24) is 18.7 Å². The summed E-state index contributed by atoms with van der Waals surface area (Å²) in [6, 6.07) is 8.36. The number of fused-ring (bicyclic) bond motifs is 3. The molecule has 4 rings (SSSR count). The minimum absolute atomic E-state index is 0.296. The molecule has 0 unspecified atom stereocenters. The van der Waals surface area contributed by atoms with Gasteiger partial charge in [0.1, 0.15) is 0 Å². The van der Waals surface area contributed by atoms with E-state index in [1.165, 1.54) is 17.2 Å². The number of anilines is 2. The molecule has 0 radical (unpaired) electrons. The lowest BCUT2D eigenvalue weighted by Gasteiger charge is -2.16. The van der Waals surface area contributed by atoms with Crippen LogP contribution >= 0.6 is 0 Å². The quantitative estimate of drug-likeness (QED) is 0.709. The van der Waals surface area contributed by atoms with E-state index in [1.54, 1.807) is 7.05 Å². The van der Waals surface area contributed by atoms with Crippen LogP contribution in [0.1, 0.15) is 12.5 Å². The molecule has 0 aliphatic carbocycles. The summed E-state index contributed by atoms with van der Waals surface area (Å²) in [5.74, 6) is 0.715. The molecule has 2 aromatic heterocycles. The van der Waals surface area contributed by atoms with Crippen LogP contribution in [0.2, 0.25) is 0 Å². The molecule has 0 saturated carbocycles. The lowest BCUT2D eigenvalue weighted by atomic mass is 10.1. The van der Waals surface area contributed by atoms with Crippen molar-refractivity contribution in [2.75, 3.05) is 11.4 Å². The zero-order chi connectivity index (χ0) is 17.0. The van der Waals surface area contributed by atoms with E-state index in [1.807, 2.05) is 4.57 Å². The number of nitrogens with zero attached hydrogens (tertiary/aromatic N) is 5. The Bertz CT molecular complexity index is 1060. The van der Waals surface area contributed by atoms with Crippen LogP contribution in [0.3, 0.4) is 0 Å². The average molecular weight is 325 g/mol. The van der Waals surface area contributed by atoms with Crippen molar-refractivity contribution < 1.29 is 0 Å². The molecule has 1 aliphatic heterocycles. The minimum Gasteiger partial charge on any atom is -0.310 e. The van der Waals surface area contributed by atoms with Crippen LogP contribution in [-0.2, 0) is 27.1 Å². The molecular formula is C17H19N5O2. The highest BCUT2D eigenvalue weighted by Crippen LogP contribution is 2.31. The number of benzene rings is 1. The van der Waals surface area contributed by atoms with Gasteiger partial charge < -0.3 is 9.47 Å². The summed E-state index contributed by atoms with van der Waals surface area (Å²) in [5.41, 5.74) is 2.60. The van der Waals surface area contributed by atoms with Gasteiger partial charge in [0.15, 0.2) is 11.2 Å². The van der Waals surface area contributed by atoms with Crippen molar-refractivity contribution in [3.05, 3.63) is 50.7 Å². The van der Waals surface area contributed by atoms with Crippen LogP contribution in [0.25, 0.3) is 11.2 Å². The van der Waals surface area contributed by atoms with E-state index in [2.05, 4.69) is 41.1 Å². The monoisotopic (exact) mass is 325 g/mol. The van der Waals surface area contributed by atoms with Crippen molar-refractivity contribution in [3.8, 4) is 0 Å². The number of imidazole rings is 1. The number of hydrogen-bond donors (Lipinski definition) is 0. The van der Waals surface area contributed by atoms with Crippen molar-refractivity contribution >= 4 is 22.8 Å². The van der Waals surface area contributed by atoms with Crippen LogP contribution in [0.5, 0.6) is 0 Å². The van der Waals surface area contributed by atoms with Crippen molar-refractivity contribution in [2.24, 2.45) is 14.1 Å². The van der Waals surface area contributed by atoms with Gasteiger partial charge in [-0.1, -0.05) is 19.1 Å². The predicted molar refractivity (Wildman–Crippen MR) is 93.0 cm³/mol. The molecule has 0 N–H and O–H groups in total. The molecule has 24 heavy (non-hydrogen) atoms. The van der Waals surface area contributed by atoms with Crippen molar-refractivity contribution in [2.45, 2.75) is 19.9 Å². The van der Waals surface area contributed by atoms with Gasteiger partial charge in [-0.05, 0) is 24.1 Å². The van der Waals surface area contributed by atoms with Gasteiger partial charge in [-0.3, -0.25) is 13.9 Å². The Balaban J connectivity index is 1.92. The number of hydrogen-bond acceptors (Lipinski definition) is 4. The minimum atomic E-state index is -0.358. The van der Waals surface area contributed by atoms with Crippen LogP contribution < -0.4 is 16.1 Å². The molecule has 124 valence electrons. The van der Waals surface area contributed by atoms with E-state index in [0.717, 1.165) is 23.2 Å². The maximum atomic E-state index is 12.5. The molecule has 0 spiro atoms. The molecule has 7 nitrogen and oxygen atoms in total. The van der Waals surface area contributed by atoms with Crippen LogP contribution in [-0.4, -0.2) is 25.2 Å². The van der Waals surface area contributed by atoms with Gasteiger partial charge in [-0.25, -0.2) is 4.79 Å². The van der Waals surface area contributed by atoms with Crippen molar-refractivity contribution in [3.63, 3.8) is 0 Å². The summed E-state index contributed by atoms with van der Waals surface area (Å²) in [6.45, 7) is 3.56. The first kappa shape index (κ1) is 14.7. The number of rotatable bonds is 2. The predicted octanol–water partition coefficient (Wildman–Crippen LogP) is 1.15. The first-order valence-electron chi connectivity index (χ1n) is 8.05. The topological polar surface area (TPSA) is 65.1 Å². The molecule has 3 aromatic rings. The largest absolute Gasteiger partial charge is 0.332 e. The van der Waals surface area contributed by atoms with Gasteiger partial charge in [0.2, 0.25) is 5.95 Å². The number of aromatic nitrogens is 4. The summed E-state index contributed by atoms with van der Waals surface area (Å²) < 4.78 is 4.47. The third-order valence-electron chi connectivity index (χ3n) is 4.77. The molecule has 7 heteroatoms. The van der Waals surface area contributed by atoms with E-state index in [9.17, 15) is 9.59 Å². The maximum absolute atomic E-state index is 12.5. The van der Waals surface area contributed by atoms with Crippen LogP contribution in [0.4, 0.5) is 11.6 Å². The van der Waals surface area contributed by atoms with Crippen LogP contribution in [0.15, 0.2) is 33.9 Å². The van der Waals surface area contributed by atoms with Crippen LogP contribution in [0, 0.1) is 0 Å². The van der Waals surface area contributed by atoms with E-state index in [0.29, 0.717) is 23.7 Å². The molecule has 1 aliphatic rings. The zero-order valence-electron chi connectivity index (χ0n) is 14.0. The van der Waals surface area contributed by atoms with Gasteiger partial charge in [0.05, 0.1) is 0 Å². The van der Waals surface area contributed by atoms with Gasteiger partial charge in [-0.2, -0.15) is 4.98 Å². The lowest BCUT2D eigenvalue weighted by Crippen LogP contribution is -2.37. The van der Waals surface area contributed by atoms with Gasteiger partial charge in [0, 0.05) is 32.9 Å². The lowest BCUT2D eigenvalue weighted by molar-refractivity contribution is 0.700. The fourth-order valence-corrected chi connectivity index (χ4v) is 3.31. The summed E-state index contributed by atoms with van der Waals surface area (Å²) >= 11 is 0. The maximum Gasteiger partial charge on any atom is 0.332 e. The molecule has 0 bridgehead atoms. The molecule has 1 aromatic carbocycles. The van der Waals surface area contributed by atoms with Gasteiger partial charge in [-0.15, -0.1) is 0 Å². The summed E-state index contributed by atoms with van der Waals surface area (Å²) in [5, 5.41) is 0. The smallest absolute Gasteiger partial charge is 0.310 e. The molecule has 0 saturated heterocycles. The third-order valence-corrected chi connectivity index (χ3v) is 4.77. The van der Waals surface area contributed by atoms with Gasteiger partial charge in [0.25, 0.3) is 5.56 Å². The highest BCUT2D eigenvalue weighted by atomic mass is 16.2. The Morgan fingerprint density at radius 2 is 1.75 bits per heavy atom. The number of aryl methyl sites for hydroxylation is 2. The molecule has 0 amide bonds. The van der Waals surface area contributed by atoms with E-state index in [4.69, 9.17) is 0 Å². The second-order valence-corrected chi connectivity index (χ2v) is 6.11. The molecule has 0 atom stereocenters. The molecular weight excluding hydrogens is 306 g/mol. The molecule has 0 fully saturated rings. The molecule has 3 heterocycles. The van der Waals surface area contributed by atoms with E-state index in [-0.39, 0.29) is 11.2 Å². The Morgan fingerprint density at radius 1 is 1.04 bits per heavy atom. The second-order valence-electron chi connectivity index (χ2n) is 6.11. The third kappa shape index (κ3) is 1.87. The highest BCUT2D eigenvalue weighted by molar-refractivity contribution is 5.77. The van der Waals surface area contributed by atoms with E-state index < -0.39 is 0 Å². The first-order valence-corrected chi connectivity index (χ1v) is 8.05. The van der Waals surface area contributed by atoms with Gasteiger partial charge >= 0.3 is 5.69 Å². The summed E-state index contributed by atoms with van der Waals surface area (Å²) in [7, 11) is 3.15. The average Bonchev–Trinajstić information content (AvgIpc) is 3.17. The summed E-state index contributed by atoms with van der Waals surface area (Å²) in [6.07, 6.45) is 0.997. The SMILES string of the molecule is CCc1ccc(N2CCn3c2nc2c3c(=O)n(C)c(=O)n2C)cc1. The first-order chi connectivity index (χ1) is 11.5. The Hall–Kier alpha value is -2.83. The Kier molecular flexibility index (Phi) is 3.13. The summed E-state index contributed by atoms with van der Waals surface area (Å²) in [4.78, 5) is 31.3. The Morgan fingerprint density at radius 3 is 2.42 bits per heavy atom. The van der Waals surface area contributed by atoms with Crippen molar-refractivity contribution in [1.29, 1.82) is 0 Å².